The summed E-state index contributed by atoms with van der Waals surface area (Å²) < 4.78 is 11.5. The lowest BCUT2D eigenvalue weighted by Crippen LogP contribution is -2.51. The number of thiocarbonyl (C=S) groups is 1. The molecule has 6 nitrogen and oxygen atoms in total. The Hall–Kier alpha value is -3.60. The fourth-order valence-electron chi connectivity index (χ4n) is 8.55. The van der Waals surface area contributed by atoms with Crippen LogP contribution in [0.3, 0.4) is 0 Å². The van der Waals surface area contributed by atoms with Gasteiger partial charge in [0.15, 0.2) is 16.6 Å². The van der Waals surface area contributed by atoms with Crippen molar-refractivity contribution < 1.29 is 14.6 Å². The van der Waals surface area contributed by atoms with Crippen LogP contribution >= 0.6 is 12.2 Å². The molecule has 222 valence electrons. The highest BCUT2D eigenvalue weighted by molar-refractivity contribution is 7.80. The fraction of sp³-hybridized carbons (Fsp3) is 0.444. The maximum atomic E-state index is 11.9. The van der Waals surface area contributed by atoms with Crippen LogP contribution in [-0.4, -0.2) is 35.0 Å². The molecular formula is C36H39N3O3S. The molecule has 2 aromatic carbocycles. The lowest BCUT2D eigenvalue weighted by atomic mass is 9.51. The predicted octanol–water partition coefficient (Wildman–Crippen LogP) is 6.89. The van der Waals surface area contributed by atoms with Gasteiger partial charge in [0.1, 0.15) is 12.3 Å². The molecule has 0 amide bonds. The normalized spacial score (nSPS) is 31.3. The van der Waals surface area contributed by atoms with Crippen molar-refractivity contribution in [2.24, 2.45) is 22.2 Å². The van der Waals surface area contributed by atoms with E-state index in [2.05, 4.69) is 47.6 Å². The van der Waals surface area contributed by atoms with Crippen LogP contribution < -0.4 is 20.1 Å². The van der Waals surface area contributed by atoms with Gasteiger partial charge in [0.25, 0.3) is 0 Å². The minimum absolute atomic E-state index is 0.198. The third kappa shape index (κ3) is 4.95. The molecule has 2 fully saturated rings. The molecule has 0 saturated heterocycles. The van der Waals surface area contributed by atoms with Gasteiger partial charge in [0.05, 0.1) is 0 Å². The zero-order valence-electron chi connectivity index (χ0n) is 24.9. The zero-order chi connectivity index (χ0) is 29.6. The van der Waals surface area contributed by atoms with E-state index in [0.29, 0.717) is 23.6 Å². The summed E-state index contributed by atoms with van der Waals surface area (Å²) >= 11 is 5.47. The Labute approximate surface area is 259 Å². The number of aliphatic imine (C=N–C) groups is 1. The average molecular weight is 594 g/mol. The minimum Gasteiger partial charge on any atom is -0.454 e. The van der Waals surface area contributed by atoms with E-state index in [1.807, 2.05) is 43.3 Å². The Morgan fingerprint density at radius 1 is 1.09 bits per heavy atom. The van der Waals surface area contributed by atoms with Gasteiger partial charge in [-0.25, -0.2) is 0 Å². The first-order chi connectivity index (χ1) is 20.9. The molecule has 0 unspecified atom stereocenters. The Morgan fingerprint density at radius 2 is 1.93 bits per heavy atom. The minimum atomic E-state index is -0.956. The first-order valence-electron chi connectivity index (χ1n) is 15.5. The number of hydrogen-bond acceptors (Lipinski definition) is 5. The number of fused-ring (bicyclic) bond motifs is 5. The second-order valence-electron chi connectivity index (χ2n) is 12.7. The molecule has 3 N–H and O–H groups in total. The van der Waals surface area contributed by atoms with Crippen molar-refractivity contribution in [1.82, 2.24) is 5.32 Å². The van der Waals surface area contributed by atoms with Crippen molar-refractivity contribution in [3.8, 4) is 23.3 Å². The molecule has 7 rings (SSSR count). The predicted molar refractivity (Wildman–Crippen MR) is 174 cm³/mol. The van der Waals surface area contributed by atoms with Crippen LogP contribution in [0.5, 0.6) is 11.5 Å². The van der Waals surface area contributed by atoms with Gasteiger partial charge in [0, 0.05) is 22.7 Å². The molecular weight excluding hydrogens is 554 g/mol. The van der Waals surface area contributed by atoms with Crippen LogP contribution in [0.15, 0.2) is 76.3 Å². The fourth-order valence-corrected chi connectivity index (χ4v) is 8.73. The quantitative estimate of drug-likeness (QED) is 0.265. The number of nitrogens with zero attached hydrogens (tertiary/aromatic N) is 1. The molecule has 0 radical (unpaired) electrons. The van der Waals surface area contributed by atoms with E-state index in [9.17, 15) is 5.11 Å². The summed E-state index contributed by atoms with van der Waals surface area (Å²) in [6.07, 6.45) is 9.02. The molecule has 2 aromatic rings. The van der Waals surface area contributed by atoms with Crippen LogP contribution in [0.1, 0.15) is 70.3 Å². The number of para-hydroxylation sites is 1. The van der Waals surface area contributed by atoms with E-state index >= 15 is 0 Å². The van der Waals surface area contributed by atoms with Gasteiger partial charge in [-0.3, -0.25) is 4.99 Å². The smallest absolute Gasteiger partial charge is 0.231 e. The van der Waals surface area contributed by atoms with Crippen molar-refractivity contribution >= 4 is 28.7 Å². The third-order valence-corrected chi connectivity index (χ3v) is 10.8. The molecule has 0 aromatic heterocycles. The van der Waals surface area contributed by atoms with E-state index in [1.165, 1.54) is 16.7 Å². The number of rotatable bonds is 4. The van der Waals surface area contributed by atoms with Crippen LogP contribution in [-0.2, 0) is 0 Å². The van der Waals surface area contributed by atoms with Gasteiger partial charge in [-0.05, 0) is 123 Å². The van der Waals surface area contributed by atoms with Crippen molar-refractivity contribution in [1.29, 1.82) is 0 Å². The first-order valence-corrected chi connectivity index (χ1v) is 15.9. The molecule has 43 heavy (non-hydrogen) atoms. The Kier molecular flexibility index (Phi) is 7.31. The third-order valence-electron chi connectivity index (χ3n) is 10.6. The molecule has 5 aliphatic rings. The summed E-state index contributed by atoms with van der Waals surface area (Å²) in [5.74, 6) is 9.02. The first kappa shape index (κ1) is 28.2. The van der Waals surface area contributed by atoms with Gasteiger partial charge in [-0.15, -0.1) is 5.92 Å². The topological polar surface area (TPSA) is 75.1 Å². The number of hydrogen-bond donors (Lipinski definition) is 3. The molecule has 5 atom stereocenters. The second kappa shape index (κ2) is 11.2. The zero-order valence-corrected chi connectivity index (χ0v) is 25.7. The Bertz CT molecular complexity index is 1600. The second-order valence-corrected chi connectivity index (χ2v) is 13.1. The number of nitrogens with one attached hydrogen (secondary N) is 2. The van der Waals surface area contributed by atoms with Gasteiger partial charge >= 0.3 is 0 Å². The van der Waals surface area contributed by atoms with E-state index < -0.39 is 5.60 Å². The lowest BCUT2D eigenvalue weighted by Gasteiger charge is -2.53. The highest BCUT2D eigenvalue weighted by Gasteiger charge is 2.62. The number of ether oxygens (including phenoxy) is 2. The monoisotopic (exact) mass is 593 g/mol. The van der Waals surface area contributed by atoms with Crippen LogP contribution in [0.4, 0.5) is 5.69 Å². The number of anilines is 1. The van der Waals surface area contributed by atoms with Crippen LogP contribution in [0.25, 0.3) is 0 Å². The SMILES string of the molecule is CC#C[C@]1(O)CC[C@H]2[C@@H]3CCC4=C/C(=N/CNC(=S)Nc5ccccc5)CCC4=C3[C@@H](c3ccc4c(c3)OCO4)C[C@@]21C. The summed E-state index contributed by atoms with van der Waals surface area (Å²) in [6, 6.07) is 16.4. The van der Waals surface area contributed by atoms with Crippen molar-refractivity contribution in [2.75, 3.05) is 18.8 Å². The average Bonchev–Trinajstić information content (AvgIpc) is 3.58. The lowest BCUT2D eigenvalue weighted by molar-refractivity contribution is -0.0513. The molecule has 0 spiro atoms. The number of aliphatic hydroxyl groups is 1. The number of benzene rings is 2. The van der Waals surface area contributed by atoms with Crippen molar-refractivity contribution in [2.45, 2.75) is 70.3 Å². The van der Waals surface area contributed by atoms with E-state index in [0.717, 1.165) is 67.8 Å². The van der Waals surface area contributed by atoms with Gasteiger partial charge in [0.2, 0.25) is 6.79 Å². The van der Waals surface area contributed by atoms with Crippen LogP contribution in [0, 0.1) is 29.1 Å². The maximum Gasteiger partial charge on any atom is 0.231 e. The van der Waals surface area contributed by atoms with Gasteiger partial charge < -0.3 is 25.2 Å². The van der Waals surface area contributed by atoms with Crippen LogP contribution in [0.2, 0.25) is 0 Å². The molecule has 7 heteroatoms. The Balaban J connectivity index is 1.19. The van der Waals surface area contributed by atoms with Gasteiger partial charge in [-0.1, -0.05) is 42.7 Å². The van der Waals surface area contributed by atoms with E-state index in [4.69, 9.17) is 26.7 Å². The largest absolute Gasteiger partial charge is 0.454 e. The molecule has 4 aliphatic carbocycles. The van der Waals surface area contributed by atoms with Crippen molar-refractivity contribution in [3.05, 3.63) is 76.9 Å². The van der Waals surface area contributed by atoms with Gasteiger partial charge in [-0.2, -0.15) is 0 Å². The summed E-state index contributed by atoms with van der Waals surface area (Å²) in [5.41, 5.74) is 6.64. The molecule has 1 aliphatic heterocycles. The number of allylic oxidation sites excluding steroid dienone is 4. The summed E-state index contributed by atoms with van der Waals surface area (Å²) in [5, 5.41) is 19.0. The van der Waals surface area contributed by atoms with E-state index in [-0.39, 0.29) is 18.1 Å². The standard InChI is InChI=1S/C36H39N3O3S/c1-3-16-36(40)17-15-30-28-12-9-23-18-26(37-21-38-34(43)39-25-7-5-4-6-8-25)11-13-27(23)33(28)29(20-35(30,36)2)24-10-14-31-32(19-24)42-22-41-31/h4-8,10,14,18-19,28-30,40H,9,11-13,15,17,20-22H2,1-2H3,(H2,38,39,43)/b37-26+/t28-,29+,30-,35-,36-/m0/s1. The summed E-state index contributed by atoms with van der Waals surface area (Å²) in [6.45, 7) is 4.87. The molecule has 0 bridgehead atoms. The molecule has 2 saturated carbocycles. The highest BCUT2D eigenvalue weighted by atomic mass is 32.1. The maximum absolute atomic E-state index is 11.9. The van der Waals surface area contributed by atoms with E-state index in [1.54, 1.807) is 5.57 Å². The highest BCUT2D eigenvalue weighted by Crippen LogP contribution is 2.66. The Morgan fingerprint density at radius 3 is 2.77 bits per heavy atom. The summed E-state index contributed by atoms with van der Waals surface area (Å²) in [4.78, 5) is 4.88. The summed E-state index contributed by atoms with van der Waals surface area (Å²) in [7, 11) is 0. The van der Waals surface area contributed by atoms with Crippen molar-refractivity contribution in [3.63, 3.8) is 0 Å². The molecule has 1 heterocycles.